The van der Waals surface area contributed by atoms with Crippen molar-refractivity contribution < 1.29 is 12.8 Å². The van der Waals surface area contributed by atoms with Crippen LogP contribution < -0.4 is 10.5 Å². The van der Waals surface area contributed by atoms with Gasteiger partial charge in [-0.05, 0) is 41.8 Å². The molecule has 0 atom stereocenters. The molecule has 0 aromatic heterocycles. The van der Waals surface area contributed by atoms with Crippen LogP contribution in [0.3, 0.4) is 0 Å². The summed E-state index contributed by atoms with van der Waals surface area (Å²) in [6.45, 7) is 4.10. The topological polar surface area (TPSA) is 72.2 Å². The van der Waals surface area contributed by atoms with E-state index < -0.39 is 15.8 Å². The summed E-state index contributed by atoms with van der Waals surface area (Å²) in [4.78, 5) is -0.201. The third kappa shape index (κ3) is 3.72. The zero-order valence-corrected chi connectivity index (χ0v) is 12.6. The highest BCUT2D eigenvalue weighted by molar-refractivity contribution is 7.92. The average Bonchev–Trinajstić information content (AvgIpc) is 2.37. The first kappa shape index (κ1) is 15.3. The maximum absolute atomic E-state index is 13.3. The van der Waals surface area contributed by atoms with Crippen molar-refractivity contribution in [2.24, 2.45) is 0 Å². The minimum atomic E-state index is -3.86. The van der Waals surface area contributed by atoms with Gasteiger partial charge in [0.2, 0.25) is 0 Å². The minimum absolute atomic E-state index is 0.0607. The van der Waals surface area contributed by atoms with Crippen molar-refractivity contribution in [2.75, 3.05) is 10.5 Å². The van der Waals surface area contributed by atoms with Crippen molar-refractivity contribution in [1.82, 2.24) is 0 Å². The molecule has 0 spiro atoms. The van der Waals surface area contributed by atoms with Gasteiger partial charge in [-0.25, -0.2) is 12.8 Å². The molecule has 0 aliphatic rings. The Bertz CT molecular complexity index is 721. The Kier molecular flexibility index (Phi) is 4.18. The Morgan fingerprint density at radius 2 is 1.71 bits per heavy atom. The molecule has 0 aliphatic carbocycles. The summed E-state index contributed by atoms with van der Waals surface area (Å²) in [5, 5.41) is 0. The third-order valence-electron chi connectivity index (χ3n) is 3.03. The molecule has 0 saturated carbocycles. The zero-order chi connectivity index (χ0) is 15.6. The molecule has 0 unspecified atom stereocenters. The summed E-state index contributed by atoms with van der Waals surface area (Å²) in [7, 11) is -3.86. The summed E-state index contributed by atoms with van der Waals surface area (Å²) < 4.78 is 40.1. The number of sulfonamides is 1. The zero-order valence-electron chi connectivity index (χ0n) is 11.8. The second-order valence-corrected chi connectivity index (χ2v) is 6.78. The first-order chi connectivity index (χ1) is 9.78. The van der Waals surface area contributed by atoms with Crippen LogP contribution in [0.25, 0.3) is 0 Å². The predicted molar refractivity (Wildman–Crippen MR) is 82.2 cm³/mol. The number of nitrogens with one attached hydrogen (secondary N) is 1. The van der Waals surface area contributed by atoms with Gasteiger partial charge in [0.05, 0.1) is 4.90 Å². The molecule has 0 radical (unpaired) electrons. The quantitative estimate of drug-likeness (QED) is 0.851. The van der Waals surface area contributed by atoms with Gasteiger partial charge in [0, 0.05) is 11.4 Å². The van der Waals surface area contributed by atoms with Crippen LogP contribution in [-0.4, -0.2) is 8.42 Å². The van der Waals surface area contributed by atoms with Crippen LogP contribution in [0.5, 0.6) is 0 Å². The molecular formula is C15H17FN2O2S. The fourth-order valence-corrected chi connectivity index (χ4v) is 3.01. The van der Waals surface area contributed by atoms with Crippen molar-refractivity contribution in [1.29, 1.82) is 0 Å². The van der Waals surface area contributed by atoms with Gasteiger partial charge in [0.15, 0.2) is 0 Å². The SMILES string of the molecule is CC(C)c1ccc(NS(=O)(=O)c2cc(N)cc(F)c2)cc1. The van der Waals surface area contributed by atoms with Crippen molar-refractivity contribution >= 4 is 21.4 Å². The van der Waals surface area contributed by atoms with Crippen LogP contribution in [0.15, 0.2) is 47.4 Å². The summed E-state index contributed by atoms with van der Waals surface area (Å²) in [5.41, 5.74) is 7.05. The van der Waals surface area contributed by atoms with Crippen molar-refractivity contribution in [2.45, 2.75) is 24.7 Å². The molecule has 112 valence electrons. The van der Waals surface area contributed by atoms with E-state index in [4.69, 9.17) is 5.73 Å². The summed E-state index contributed by atoms with van der Waals surface area (Å²) >= 11 is 0. The number of hydrogen-bond acceptors (Lipinski definition) is 3. The molecule has 0 fully saturated rings. The second-order valence-electron chi connectivity index (χ2n) is 5.10. The highest BCUT2D eigenvalue weighted by Crippen LogP contribution is 2.21. The molecule has 0 saturated heterocycles. The number of rotatable bonds is 4. The van der Waals surface area contributed by atoms with E-state index in [9.17, 15) is 12.8 Å². The number of hydrogen-bond donors (Lipinski definition) is 2. The lowest BCUT2D eigenvalue weighted by Gasteiger charge is -2.10. The predicted octanol–water partition coefficient (Wildman–Crippen LogP) is 3.33. The van der Waals surface area contributed by atoms with E-state index in [1.807, 2.05) is 12.1 Å². The lowest BCUT2D eigenvalue weighted by Crippen LogP contribution is -2.13. The van der Waals surface area contributed by atoms with E-state index in [2.05, 4.69) is 18.6 Å². The van der Waals surface area contributed by atoms with Crippen LogP contribution in [0.4, 0.5) is 15.8 Å². The Morgan fingerprint density at radius 1 is 1.10 bits per heavy atom. The van der Waals surface area contributed by atoms with Gasteiger partial charge >= 0.3 is 0 Å². The molecule has 4 nitrogen and oxygen atoms in total. The lowest BCUT2D eigenvalue weighted by molar-refractivity contribution is 0.595. The molecule has 21 heavy (non-hydrogen) atoms. The molecule has 2 rings (SSSR count). The van der Waals surface area contributed by atoms with Crippen LogP contribution >= 0.6 is 0 Å². The molecule has 0 heterocycles. The smallest absolute Gasteiger partial charge is 0.262 e. The molecule has 3 N–H and O–H groups in total. The largest absolute Gasteiger partial charge is 0.399 e. The summed E-state index contributed by atoms with van der Waals surface area (Å²) in [6.07, 6.45) is 0. The fourth-order valence-electron chi connectivity index (χ4n) is 1.89. The molecule has 2 aromatic carbocycles. The van der Waals surface area contributed by atoms with E-state index in [0.717, 1.165) is 17.7 Å². The van der Waals surface area contributed by atoms with Gasteiger partial charge in [-0.3, -0.25) is 4.72 Å². The third-order valence-corrected chi connectivity index (χ3v) is 4.39. The molecule has 0 bridgehead atoms. The number of nitrogen functional groups attached to an aromatic ring is 1. The monoisotopic (exact) mass is 308 g/mol. The number of anilines is 2. The van der Waals surface area contributed by atoms with Gasteiger partial charge in [0.25, 0.3) is 10.0 Å². The maximum atomic E-state index is 13.3. The minimum Gasteiger partial charge on any atom is -0.399 e. The van der Waals surface area contributed by atoms with Gasteiger partial charge in [-0.15, -0.1) is 0 Å². The Hall–Kier alpha value is -2.08. The highest BCUT2D eigenvalue weighted by Gasteiger charge is 2.16. The molecule has 0 amide bonds. The van der Waals surface area contributed by atoms with Gasteiger partial charge in [-0.2, -0.15) is 0 Å². The second kappa shape index (κ2) is 5.73. The number of nitrogens with two attached hydrogens (primary N) is 1. The van der Waals surface area contributed by atoms with Gasteiger partial charge in [0.1, 0.15) is 5.82 Å². The molecule has 2 aromatic rings. The first-order valence-corrected chi connectivity index (χ1v) is 7.95. The summed E-state index contributed by atoms with van der Waals surface area (Å²) in [6, 6.07) is 10.3. The van der Waals surface area contributed by atoms with Crippen molar-refractivity contribution in [3.63, 3.8) is 0 Å². The van der Waals surface area contributed by atoms with E-state index in [0.29, 0.717) is 11.6 Å². The Morgan fingerprint density at radius 3 is 2.24 bits per heavy atom. The molecule has 0 aliphatic heterocycles. The van der Waals surface area contributed by atoms with Crippen LogP contribution in [0.1, 0.15) is 25.3 Å². The molecular weight excluding hydrogens is 291 g/mol. The average molecular weight is 308 g/mol. The summed E-state index contributed by atoms with van der Waals surface area (Å²) in [5.74, 6) is -0.329. The van der Waals surface area contributed by atoms with E-state index in [1.165, 1.54) is 6.07 Å². The van der Waals surface area contributed by atoms with Gasteiger partial charge in [-0.1, -0.05) is 26.0 Å². The normalized spacial score (nSPS) is 11.6. The maximum Gasteiger partial charge on any atom is 0.262 e. The number of halogens is 1. The highest BCUT2D eigenvalue weighted by atomic mass is 32.2. The van der Waals surface area contributed by atoms with Gasteiger partial charge < -0.3 is 5.73 Å². The van der Waals surface area contributed by atoms with Crippen molar-refractivity contribution in [3.05, 3.63) is 53.8 Å². The van der Waals surface area contributed by atoms with Crippen LogP contribution in [0.2, 0.25) is 0 Å². The Labute approximate surface area is 123 Å². The van der Waals surface area contributed by atoms with Crippen LogP contribution in [-0.2, 0) is 10.0 Å². The van der Waals surface area contributed by atoms with E-state index in [1.54, 1.807) is 12.1 Å². The van der Waals surface area contributed by atoms with E-state index >= 15 is 0 Å². The Balaban J connectivity index is 2.28. The number of benzene rings is 2. The van der Waals surface area contributed by atoms with E-state index in [-0.39, 0.29) is 10.6 Å². The molecule has 6 heteroatoms. The first-order valence-electron chi connectivity index (χ1n) is 6.47. The van der Waals surface area contributed by atoms with Crippen molar-refractivity contribution in [3.8, 4) is 0 Å². The lowest BCUT2D eigenvalue weighted by atomic mass is 10.0. The fraction of sp³-hybridized carbons (Fsp3) is 0.200. The standard InChI is InChI=1S/C15H17FN2O2S/c1-10(2)11-3-5-14(6-4-11)18-21(19,20)15-8-12(16)7-13(17)9-15/h3-10,18H,17H2,1-2H3. The van der Waals surface area contributed by atoms with Crippen LogP contribution in [0, 0.1) is 5.82 Å².